The second-order valence-electron chi connectivity index (χ2n) is 5.77. The van der Waals surface area contributed by atoms with Crippen molar-refractivity contribution in [3.05, 3.63) is 35.0 Å². The highest BCUT2D eigenvalue weighted by Gasteiger charge is 2.24. The Hall–Kier alpha value is -2.67. The number of nitrogens with two attached hydrogens (primary N) is 1. The van der Waals surface area contributed by atoms with Crippen LogP contribution >= 0.6 is 0 Å². The first kappa shape index (κ1) is 15.2. The molecule has 3 rings (SSSR count). The molecule has 23 heavy (non-hydrogen) atoms. The number of amides is 2. The number of nitrogens with zero attached hydrogens (tertiary/aromatic N) is 3. The minimum Gasteiger partial charge on any atom is -0.351 e. The Bertz CT molecular complexity index is 819. The van der Waals surface area contributed by atoms with Gasteiger partial charge < -0.3 is 10.6 Å². The molecule has 7 nitrogen and oxygen atoms in total. The van der Waals surface area contributed by atoms with Gasteiger partial charge in [0.05, 0.1) is 17.3 Å². The lowest BCUT2D eigenvalue weighted by molar-refractivity contribution is 0.0957. The number of carbonyl (C=O) groups is 2. The maximum atomic E-state index is 12.1. The van der Waals surface area contributed by atoms with E-state index in [1.54, 1.807) is 18.3 Å². The number of nitrogens with one attached hydrogen (secondary N) is 1. The van der Waals surface area contributed by atoms with Gasteiger partial charge in [-0.3, -0.25) is 9.36 Å². The molecule has 0 bridgehead atoms. The minimum atomic E-state index is -0.568. The number of rotatable bonds is 4. The summed E-state index contributed by atoms with van der Waals surface area (Å²) in [5.74, 6) is -0.316. The normalized spacial score (nSPS) is 13.4. The van der Waals surface area contributed by atoms with E-state index in [4.69, 9.17) is 5.73 Å². The van der Waals surface area contributed by atoms with Crippen LogP contribution in [0.4, 0.5) is 4.79 Å². The Labute approximate surface area is 133 Å². The Kier molecular flexibility index (Phi) is 3.87. The number of aromatic nitrogens is 1. The highest BCUT2D eigenvalue weighted by atomic mass is 16.2. The Balaban J connectivity index is 2.22. The van der Waals surface area contributed by atoms with E-state index in [2.05, 4.69) is 21.5 Å². The van der Waals surface area contributed by atoms with Crippen LogP contribution in [0.25, 0.3) is 10.9 Å². The molecule has 0 unspecified atom stereocenters. The zero-order valence-corrected chi connectivity index (χ0v) is 13.1. The Morgan fingerprint density at radius 1 is 1.43 bits per heavy atom. The fourth-order valence-electron chi connectivity index (χ4n) is 2.95. The molecule has 0 atom stereocenters. The van der Waals surface area contributed by atoms with E-state index in [0.29, 0.717) is 22.9 Å². The highest BCUT2D eigenvalue weighted by Crippen LogP contribution is 2.30. The zero-order chi connectivity index (χ0) is 16.6. The van der Waals surface area contributed by atoms with Crippen molar-refractivity contribution < 1.29 is 9.59 Å². The largest absolute Gasteiger partial charge is 0.351 e. The fourth-order valence-corrected chi connectivity index (χ4v) is 2.95. The summed E-state index contributed by atoms with van der Waals surface area (Å²) in [5.41, 5.74) is 10.6. The van der Waals surface area contributed by atoms with Gasteiger partial charge in [-0.1, -0.05) is 0 Å². The molecule has 0 saturated heterocycles. The van der Waals surface area contributed by atoms with Gasteiger partial charge in [0.15, 0.2) is 0 Å². The van der Waals surface area contributed by atoms with Crippen molar-refractivity contribution in [3.63, 3.8) is 0 Å². The number of hydrogen-bond acceptors (Lipinski definition) is 4. The first-order valence-electron chi connectivity index (χ1n) is 7.36. The zero-order valence-electron chi connectivity index (χ0n) is 13.1. The average molecular weight is 312 g/mol. The topological polar surface area (TPSA) is 92.7 Å². The molecule has 0 aliphatic carbocycles. The molecule has 7 heteroatoms. The first-order valence-corrected chi connectivity index (χ1v) is 7.36. The summed E-state index contributed by atoms with van der Waals surface area (Å²) in [5, 5.41) is 4.65. The van der Waals surface area contributed by atoms with Crippen molar-refractivity contribution in [2.45, 2.75) is 12.8 Å². The van der Waals surface area contributed by atoms with Gasteiger partial charge >= 0.3 is 6.03 Å². The van der Waals surface area contributed by atoms with E-state index >= 15 is 0 Å². The molecule has 2 aromatic rings. The summed E-state index contributed by atoms with van der Waals surface area (Å²) in [6, 6.07) is 5.61. The summed E-state index contributed by atoms with van der Waals surface area (Å²) in [6.45, 7) is 0.882. The second-order valence-corrected chi connectivity index (χ2v) is 5.77. The van der Waals surface area contributed by atoms with E-state index in [9.17, 15) is 9.59 Å². The van der Waals surface area contributed by atoms with Crippen LogP contribution in [0.1, 0.15) is 28.0 Å². The van der Waals surface area contributed by atoms with Crippen LogP contribution in [0.15, 0.2) is 17.2 Å². The molecule has 0 fully saturated rings. The third-order valence-corrected chi connectivity index (χ3v) is 3.91. The molecule has 1 aliphatic heterocycles. The van der Waals surface area contributed by atoms with Crippen LogP contribution in [0, 0.1) is 6.07 Å². The molecule has 1 aromatic heterocycles. The average Bonchev–Trinajstić information content (AvgIpc) is 2.70. The standard InChI is InChI=1S/C16H18N5O2/c1-20(2)8-4-7-12-11-9-18-19-15(22)10-5-3-6-13(14(10)11)21(12)16(17)23/h5-6,9H,4,7-8H2,1-2H3,(H2,17,23)(H,19,22). The lowest BCUT2D eigenvalue weighted by atomic mass is 10.0. The van der Waals surface area contributed by atoms with Crippen LogP contribution < -0.4 is 11.2 Å². The smallest absolute Gasteiger partial charge is 0.323 e. The van der Waals surface area contributed by atoms with E-state index in [-0.39, 0.29) is 5.91 Å². The fraction of sp³-hybridized carbons (Fsp3) is 0.312. The second kappa shape index (κ2) is 5.85. The van der Waals surface area contributed by atoms with Crippen LogP contribution in [-0.4, -0.2) is 48.3 Å². The number of hydrazone groups is 1. The van der Waals surface area contributed by atoms with Crippen molar-refractivity contribution in [1.82, 2.24) is 14.9 Å². The lowest BCUT2D eigenvalue weighted by Crippen LogP contribution is -2.23. The predicted molar refractivity (Wildman–Crippen MR) is 87.7 cm³/mol. The number of carbonyl (C=O) groups excluding carboxylic acids is 2. The molecule has 1 radical (unpaired) electrons. The molecular weight excluding hydrogens is 294 g/mol. The molecule has 1 aliphatic rings. The van der Waals surface area contributed by atoms with Gasteiger partial charge in [-0.25, -0.2) is 10.2 Å². The molecule has 1 aromatic carbocycles. The molecule has 2 heterocycles. The summed E-state index contributed by atoms with van der Waals surface area (Å²) in [6.07, 6.45) is 3.10. The highest BCUT2D eigenvalue weighted by molar-refractivity contribution is 6.16. The number of primary amides is 1. The number of benzene rings is 1. The van der Waals surface area contributed by atoms with Crippen molar-refractivity contribution in [2.75, 3.05) is 20.6 Å². The van der Waals surface area contributed by atoms with Crippen LogP contribution in [0.2, 0.25) is 0 Å². The molecule has 0 saturated carbocycles. The summed E-state index contributed by atoms with van der Waals surface area (Å²) >= 11 is 0. The quantitative estimate of drug-likeness (QED) is 0.880. The molecule has 2 amide bonds. The van der Waals surface area contributed by atoms with E-state index < -0.39 is 6.03 Å². The summed E-state index contributed by atoms with van der Waals surface area (Å²) in [7, 11) is 3.99. The van der Waals surface area contributed by atoms with Gasteiger partial charge in [0.25, 0.3) is 5.91 Å². The van der Waals surface area contributed by atoms with Crippen molar-refractivity contribution in [2.24, 2.45) is 10.8 Å². The monoisotopic (exact) mass is 312 g/mol. The van der Waals surface area contributed by atoms with E-state index in [1.165, 1.54) is 4.57 Å². The van der Waals surface area contributed by atoms with Crippen molar-refractivity contribution >= 4 is 29.1 Å². The van der Waals surface area contributed by atoms with Gasteiger partial charge in [0.2, 0.25) is 0 Å². The molecular formula is C16H18N5O2. The lowest BCUT2D eigenvalue weighted by Gasteiger charge is -2.11. The van der Waals surface area contributed by atoms with E-state index in [0.717, 1.165) is 24.2 Å². The number of hydrogen-bond donors (Lipinski definition) is 2. The third kappa shape index (κ3) is 2.59. The Morgan fingerprint density at radius 2 is 2.22 bits per heavy atom. The van der Waals surface area contributed by atoms with Crippen LogP contribution in [0.3, 0.4) is 0 Å². The SMILES string of the molecule is CN(C)CCCc1c2c3c(c[c]cc3n1C(N)=O)C(=O)NN=C2. The van der Waals surface area contributed by atoms with Crippen molar-refractivity contribution in [1.29, 1.82) is 0 Å². The Morgan fingerprint density at radius 3 is 2.91 bits per heavy atom. The maximum absolute atomic E-state index is 12.1. The molecule has 3 N–H and O–H groups in total. The van der Waals surface area contributed by atoms with E-state index in [1.807, 2.05) is 14.1 Å². The van der Waals surface area contributed by atoms with Gasteiger partial charge in [-0.05, 0) is 51.7 Å². The van der Waals surface area contributed by atoms with Gasteiger partial charge in [-0.15, -0.1) is 0 Å². The van der Waals surface area contributed by atoms with Crippen LogP contribution in [0.5, 0.6) is 0 Å². The summed E-state index contributed by atoms with van der Waals surface area (Å²) < 4.78 is 1.46. The molecule has 119 valence electrons. The van der Waals surface area contributed by atoms with Gasteiger partial charge in [0, 0.05) is 16.6 Å². The predicted octanol–water partition coefficient (Wildman–Crippen LogP) is 0.940. The summed E-state index contributed by atoms with van der Waals surface area (Å²) in [4.78, 5) is 26.2. The van der Waals surface area contributed by atoms with Gasteiger partial charge in [0.1, 0.15) is 0 Å². The van der Waals surface area contributed by atoms with Gasteiger partial charge in [-0.2, -0.15) is 5.10 Å². The molecule has 0 spiro atoms. The minimum absolute atomic E-state index is 0.316. The maximum Gasteiger partial charge on any atom is 0.323 e. The van der Waals surface area contributed by atoms with Crippen LogP contribution in [-0.2, 0) is 6.42 Å². The third-order valence-electron chi connectivity index (χ3n) is 3.91. The van der Waals surface area contributed by atoms with Crippen molar-refractivity contribution in [3.8, 4) is 0 Å². The first-order chi connectivity index (χ1) is 11.0.